The Kier molecular flexibility index (Phi) is 8.57. The van der Waals surface area contributed by atoms with Crippen LogP contribution in [-0.4, -0.2) is 79.3 Å². The Morgan fingerprint density at radius 2 is 2.28 bits per heavy atom. The molecule has 0 saturated carbocycles. The quantitative estimate of drug-likeness (QED) is 0.121. The maximum atomic E-state index is 12.7. The van der Waals surface area contributed by atoms with Crippen LogP contribution in [0.4, 0.5) is 0 Å². The fourth-order valence-electron chi connectivity index (χ4n) is 3.16. The molecule has 0 aromatic carbocycles. The average Bonchev–Trinajstić information content (AvgIpc) is 3.48. The van der Waals surface area contributed by atoms with Crippen LogP contribution < -0.4 is 40.0 Å². The first kappa shape index (κ1) is 25.4. The Labute approximate surface area is 221 Å². The molecule has 2 unspecified atom stereocenters. The second-order valence-electron chi connectivity index (χ2n) is 6.68. The van der Waals surface area contributed by atoms with Crippen molar-refractivity contribution in [1.29, 1.82) is 0 Å². The number of hydrogen-bond donors (Lipinski definition) is 1. The molecule has 2 aromatic heterocycles. The van der Waals surface area contributed by atoms with Gasteiger partial charge in [0.05, 0.1) is 11.5 Å². The fraction of sp³-hybridized carbons (Fsp3) is 0.438. The number of fused-ring (bicyclic) bond motifs is 1. The first-order chi connectivity index (χ1) is 14.9. The van der Waals surface area contributed by atoms with Gasteiger partial charge in [-0.15, -0.1) is 23.1 Å². The zero-order valence-corrected chi connectivity index (χ0v) is 22.2. The largest absolute Gasteiger partial charge is 1.00 e. The molecule has 0 bridgehead atoms. The standard InChI is InChI=1S/C16H16N6O5S4.Na/c1-27-21-9(8-2-28-7-18-8)11(23)20-10-12(24)22-3-16(14(25)26,4-29-13(10)22)5-30-15-17-6-19-31-15;/h2,6-7,10,13H,3-5H2,1H3,(H,20,23)(H,25,26);/q;+1/p-1/t10?,13-,16?;/m1./s1. The maximum absolute atomic E-state index is 12.7. The fourth-order valence-corrected chi connectivity index (χ4v) is 6.99. The smallest absolute Gasteiger partial charge is 0.549 e. The van der Waals surface area contributed by atoms with Crippen LogP contribution in [0.15, 0.2) is 26.7 Å². The van der Waals surface area contributed by atoms with Crippen LogP contribution >= 0.6 is 46.4 Å². The first-order valence-electron chi connectivity index (χ1n) is 8.79. The summed E-state index contributed by atoms with van der Waals surface area (Å²) in [6, 6.07) is -0.784. The molecule has 2 aliphatic heterocycles. The summed E-state index contributed by atoms with van der Waals surface area (Å²) in [5.41, 5.74) is 0.647. The molecule has 11 nitrogen and oxygen atoms in total. The molecule has 2 fully saturated rings. The summed E-state index contributed by atoms with van der Waals surface area (Å²) >= 11 is 5.05. The van der Waals surface area contributed by atoms with Gasteiger partial charge in [-0.25, -0.2) is 9.97 Å². The number of oxime groups is 1. The number of β-lactam (4-membered cyclic amide) rings is 1. The van der Waals surface area contributed by atoms with E-state index in [1.165, 1.54) is 64.7 Å². The van der Waals surface area contributed by atoms with Crippen LogP contribution in [0.25, 0.3) is 0 Å². The first-order valence-corrected chi connectivity index (χ1v) is 12.5. The monoisotopic (exact) mass is 522 g/mol. The van der Waals surface area contributed by atoms with Crippen molar-refractivity contribution >= 4 is 69.9 Å². The van der Waals surface area contributed by atoms with E-state index in [2.05, 4.69) is 24.8 Å². The molecule has 32 heavy (non-hydrogen) atoms. The average molecular weight is 523 g/mol. The molecule has 164 valence electrons. The van der Waals surface area contributed by atoms with Gasteiger partial charge in [-0.05, 0) is 11.5 Å². The second kappa shape index (κ2) is 10.8. The molecule has 4 heterocycles. The third-order valence-electron chi connectivity index (χ3n) is 4.75. The Morgan fingerprint density at radius 3 is 2.91 bits per heavy atom. The summed E-state index contributed by atoms with van der Waals surface area (Å²) in [5, 5.41) is 19.6. The van der Waals surface area contributed by atoms with Gasteiger partial charge in [0.2, 0.25) is 5.91 Å². The second-order valence-corrected chi connectivity index (χ2v) is 10.5. The van der Waals surface area contributed by atoms with Gasteiger partial charge in [0.1, 0.15) is 30.5 Å². The molecule has 2 aliphatic rings. The Morgan fingerprint density at radius 1 is 1.47 bits per heavy atom. The van der Waals surface area contributed by atoms with Crippen molar-refractivity contribution in [3.8, 4) is 0 Å². The number of nitrogens with zero attached hydrogens (tertiary/aromatic N) is 5. The van der Waals surface area contributed by atoms with Crippen LogP contribution in [0, 0.1) is 5.41 Å². The minimum atomic E-state index is -1.22. The number of amides is 2. The van der Waals surface area contributed by atoms with E-state index in [1.54, 1.807) is 10.9 Å². The van der Waals surface area contributed by atoms with Gasteiger partial charge in [-0.2, -0.15) is 4.37 Å². The molecular weight excluding hydrogens is 507 g/mol. The van der Waals surface area contributed by atoms with Crippen molar-refractivity contribution in [1.82, 2.24) is 24.6 Å². The topological polar surface area (TPSA) is 150 Å². The predicted molar refractivity (Wildman–Crippen MR) is 114 cm³/mol. The van der Waals surface area contributed by atoms with Crippen LogP contribution in [-0.2, 0) is 19.2 Å². The number of hydrogen-bond acceptors (Lipinski definition) is 13. The minimum absolute atomic E-state index is 0. The van der Waals surface area contributed by atoms with E-state index in [4.69, 9.17) is 4.84 Å². The molecule has 0 spiro atoms. The van der Waals surface area contributed by atoms with E-state index in [1.807, 2.05) is 0 Å². The van der Waals surface area contributed by atoms with Gasteiger partial charge in [-0.1, -0.05) is 16.9 Å². The number of aromatic nitrogens is 3. The number of carbonyl (C=O) groups is 3. The normalized spacial score (nSPS) is 24.7. The molecule has 0 radical (unpaired) electrons. The predicted octanol–water partition coefficient (Wildman–Crippen LogP) is -3.72. The third-order valence-corrected chi connectivity index (χ3v) is 9.01. The van der Waals surface area contributed by atoms with Crippen LogP contribution in [0.3, 0.4) is 0 Å². The van der Waals surface area contributed by atoms with E-state index < -0.39 is 23.3 Å². The summed E-state index contributed by atoms with van der Waals surface area (Å²) in [6.45, 7) is 0.00904. The van der Waals surface area contributed by atoms with E-state index >= 15 is 0 Å². The molecule has 3 atom stereocenters. The van der Waals surface area contributed by atoms with Crippen molar-refractivity contribution in [3.05, 3.63) is 22.9 Å². The molecule has 2 amide bonds. The number of thiazole rings is 1. The molecule has 16 heteroatoms. The maximum Gasteiger partial charge on any atom is 1.00 e. The van der Waals surface area contributed by atoms with Crippen molar-refractivity contribution in [2.24, 2.45) is 10.6 Å². The van der Waals surface area contributed by atoms with Gasteiger partial charge >= 0.3 is 29.6 Å². The number of carboxylic acid groups (broad SMARTS) is 1. The van der Waals surface area contributed by atoms with Crippen LogP contribution in [0.5, 0.6) is 0 Å². The Hall–Kier alpha value is -1.23. The number of carbonyl (C=O) groups excluding carboxylic acids is 3. The van der Waals surface area contributed by atoms with E-state index in [0.717, 1.165) is 0 Å². The number of rotatable bonds is 8. The summed E-state index contributed by atoms with van der Waals surface area (Å²) in [6.07, 6.45) is 1.41. The number of nitrogens with one attached hydrogen (secondary N) is 1. The Bertz CT molecular complexity index is 1010. The summed E-state index contributed by atoms with van der Waals surface area (Å²) < 4.78 is 4.55. The molecule has 4 rings (SSSR count). The van der Waals surface area contributed by atoms with Gasteiger partial charge < -0.3 is 25.0 Å². The van der Waals surface area contributed by atoms with Crippen molar-refractivity contribution in [3.63, 3.8) is 0 Å². The number of carboxylic acids is 1. The van der Waals surface area contributed by atoms with Gasteiger partial charge in [0.25, 0.3) is 5.91 Å². The van der Waals surface area contributed by atoms with Crippen LogP contribution in [0.1, 0.15) is 5.69 Å². The SMILES string of the molecule is CON=C(C(=O)NC1C(=O)N2CC(CSc3ncns3)(C(=O)[O-])CS[C@H]12)c1cscn1.[Na+]. The Balaban J connectivity index is 0.00000289. The van der Waals surface area contributed by atoms with E-state index in [-0.39, 0.29) is 64.6 Å². The van der Waals surface area contributed by atoms with Gasteiger partial charge in [0, 0.05) is 28.8 Å². The number of thioether (sulfide) groups is 2. The molecule has 0 aliphatic carbocycles. The van der Waals surface area contributed by atoms with Crippen LogP contribution in [0.2, 0.25) is 0 Å². The van der Waals surface area contributed by atoms with Crippen molar-refractivity contribution < 1.29 is 53.9 Å². The zero-order chi connectivity index (χ0) is 22.0. The van der Waals surface area contributed by atoms with Crippen molar-refractivity contribution in [2.45, 2.75) is 15.8 Å². The van der Waals surface area contributed by atoms with E-state index in [0.29, 0.717) is 10.0 Å². The van der Waals surface area contributed by atoms with E-state index in [9.17, 15) is 19.5 Å². The zero-order valence-electron chi connectivity index (χ0n) is 16.9. The molecule has 2 saturated heterocycles. The molecule has 2 aromatic rings. The third kappa shape index (κ3) is 4.98. The molecular formula is C16H15N6NaO5S4. The number of aliphatic carboxylic acids is 1. The van der Waals surface area contributed by atoms with Crippen molar-refractivity contribution in [2.75, 3.05) is 25.2 Å². The summed E-state index contributed by atoms with van der Waals surface area (Å²) in [5.74, 6) is -1.71. The van der Waals surface area contributed by atoms with Gasteiger partial charge in [-0.3, -0.25) is 9.59 Å². The summed E-state index contributed by atoms with van der Waals surface area (Å²) in [7, 11) is 1.31. The molecule has 1 N–H and O–H groups in total. The minimum Gasteiger partial charge on any atom is -0.549 e. The summed E-state index contributed by atoms with van der Waals surface area (Å²) in [4.78, 5) is 51.6. The van der Waals surface area contributed by atoms with Gasteiger partial charge in [0.15, 0.2) is 10.1 Å².